The van der Waals surface area contributed by atoms with E-state index in [0.717, 1.165) is 38.5 Å². The molecule has 1 aliphatic rings. The average molecular weight is 352 g/mol. The second-order valence-electron chi connectivity index (χ2n) is 7.60. The Morgan fingerprint density at radius 3 is 1.68 bits per heavy atom. The first-order chi connectivity index (χ1) is 12.2. The molecule has 0 aromatic heterocycles. The molecule has 0 atom stereocenters. The zero-order chi connectivity index (χ0) is 18.3. The molecule has 1 fully saturated rings. The monoisotopic (exact) mass is 351 g/mol. The van der Waals surface area contributed by atoms with Gasteiger partial charge < -0.3 is 15.1 Å². The van der Waals surface area contributed by atoms with E-state index in [9.17, 15) is 10.2 Å². The van der Waals surface area contributed by atoms with Crippen molar-refractivity contribution in [2.75, 3.05) is 0 Å². The molecule has 0 aromatic carbocycles. The largest absolute Gasteiger partial charge is 0.511 e. The highest BCUT2D eigenvalue weighted by atomic mass is 16.3. The fourth-order valence-corrected chi connectivity index (χ4v) is 3.57. The molecule has 0 bridgehead atoms. The highest BCUT2D eigenvalue weighted by Gasteiger charge is 2.18. The Bertz CT molecular complexity index is 355. The van der Waals surface area contributed by atoms with Crippen molar-refractivity contribution >= 4 is 0 Å². The van der Waals surface area contributed by atoms with Gasteiger partial charge in [-0.05, 0) is 25.7 Å². The predicted molar refractivity (Wildman–Crippen MR) is 108 cm³/mol. The number of hydrogen-bond acceptors (Lipinski definition) is 3. The smallest absolute Gasteiger partial charge is 0.108 e. The topological polar surface area (TPSA) is 43.7 Å². The van der Waals surface area contributed by atoms with Gasteiger partial charge in [0.25, 0.3) is 0 Å². The van der Waals surface area contributed by atoms with Gasteiger partial charge in [0, 0.05) is 31.3 Å². The molecule has 1 saturated carbocycles. The molecule has 0 amide bonds. The number of aliphatic hydroxyl groups excluding tert-OH is 2. The quantitative estimate of drug-likeness (QED) is 0.269. The standard InChI is InChI=1S/C22H41NO2/c1-3-5-7-12-16-21(24)18-23(20-14-10-9-11-15-20)19-22(25)17-13-8-6-4-2/h18-20,24-25H,3-17H2,1-2H3. The molecule has 0 spiro atoms. The molecule has 3 heteroatoms. The van der Waals surface area contributed by atoms with Gasteiger partial charge in [0.2, 0.25) is 0 Å². The fourth-order valence-electron chi connectivity index (χ4n) is 3.57. The van der Waals surface area contributed by atoms with Crippen LogP contribution in [0.1, 0.15) is 110 Å². The van der Waals surface area contributed by atoms with Gasteiger partial charge in [0.15, 0.2) is 0 Å². The van der Waals surface area contributed by atoms with Crippen LogP contribution in [0.3, 0.4) is 0 Å². The first kappa shape index (κ1) is 21.9. The van der Waals surface area contributed by atoms with Gasteiger partial charge >= 0.3 is 0 Å². The van der Waals surface area contributed by atoms with Crippen molar-refractivity contribution in [3.8, 4) is 0 Å². The van der Waals surface area contributed by atoms with Gasteiger partial charge in [-0.2, -0.15) is 0 Å². The Kier molecular flexibility index (Phi) is 12.4. The van der Waals surface area contributed by atoms with Crippen LogP contribution in [0.4, 0.5) is 0 Å². The maximum atomic E-state index is 10.3. The minimum atomic E-state index is 0.421. The van der Waals surface area contributed by atoms with Crippen LogP contribution in [-0.2, 0) is 0 Å². The summed E-state index contributed by atoms with van der Waals surface area (Å²) in [6.45, 7) is 4.41. The number of aliphatic hydroxyl groups is 2. The molecule has 1 rings (SSSR count). The average Bonchev–Trinajstić information content (AvgIpc) is 2.62. The molecule has 0 aromatic rings. The first-order valence-corrected chi connectivity index (χ1v) is 10.7. The van der Waals surface area contributed by atoms with E-state index in [-0.39, 0.29) is 0 Å². The van der Waals surface area contributed by atoms with Crippen molar-refractivity contribution in [3.05, 3.63) is 23.9 Å². The lowest BCUT2D eigenvalue weighted by molar-refractivity contribution is 0.250. The molecule has 0 aliphatic heterocycles. The van der Waals surface area contributed by atoms with Crippen LogP contribution in [0, 0.1) is 0 Å². The summed E-state index contributed by atoms with van der Waals surface area (Å²) in [7, 11) is 0. The van der Waals surface area contributed by atoms with Gasteiger partial charge in [-0.1, -0.05) is 71.6 Å². The van der Waals surface area contributed by atoms with E-state index >= 15 is 0 Å². The van der Waals surface area contributed by atoms with E-state index in [4.69, 9.17) is 0 Å². The second-order valence-corrected chi connectivity index (χ2v) is 7.60. The maximum Gasteiger partial charge on any atom is 0.108 e. The third-order valence-electron chi connectivity index (χ3n) is 5.17. The van der Waals surface area contributed by atoms with Crippen molar-refractivity contribution in [2.45, 2.75) is 116 Å². The molecule has 1 aliphatic carbocycles. The zero-order valence-corrected chi connectivity index (χ0v) is 16.7. The lowest BCUT2D eigenvalue weighted by atomic mass is 9.94. The molecule has 0 unspecified atom stereocenters. The molecular weight excluding hydrogens is 310 g/mol. The first-order valence-electron chi connectivity index (χ1n) is 10.7. The van der Waals surface area contributed by atoms with Gasteiger partial charge in [0.05, 0.1) is 0 Å². The number of nitrogens with zero attached hydrogens (tertiary/aromatic N) is 1. The third kappa shape index (κ3) is 10.5. The van der Waals surface area contributed by atoms with Crippen molar-refractivity contribution < 1.29 is 10.2 Å². The molecule has 0 radical (unpaired) electrons. The van der Waals surface area contributed by atoms with E-state index in [1.54, 1.807) is 0 Å². The summed E-state index contributed by atoms with van der Waals surface area (Å²) in [5, 5.41) is 20.6. The van der Waals surface area contributed by atoms with E-state index in [1.165, 1.54) is 57.8 Å². The summed E-state index contributed by atoms with van der Waals surface area (Å²) >= 11 is 0. The Labute approximate surface area is 155 Å². The lowest BCUT2D eigenvalue weighted by Crippen LogP contribution is -2.29. The predicted octanol–water partition coefficient (Wildman–Crippen LogP) is 7.36. The van der Waals surface area contributed by atoms with Gasteiger partial charge in [-0.3, -0.25) is 0 Å². The summed E-state index contributed by atoms with van der Waals surface area (Å²) in [6.07, 6.45) is 20.7. The van der Waals surface area contributed by atoms with E-state index in [1.807, 2.05) is 12.4 Å². The Balaban J connectivity index is 2.61. The lowest BCUT2D eigenvalue weighted by Gasteiger charge is -2.31. The number of unbranched alkanes of at least 4 members (excludes halogenated alkanes) is 6. The van der Waals surface area contributed by atoms with Crippen LogP contribution in [0.15, 0.2) is 23.9 Å². The van der Waals surface area contributed by atoms with Crippen LogP contribution in [0.5, 0.6) is 0 Å². The van der Waals surface area contributed by atoms with Crippen LogP contribution in [-0.4, -0.2) is 21.2 Å². The van der Waals surface area contributed by atoms with Gasteiger partial charge in [-0.25, -0.2) is 0 Å². The number of rotatable bonds is 13. The summed E-state index contributed by atoms with van der Waals surface area (Å²) in [4.78, 5) is 2.10. The van der Waals surface area contributed by atoms with E-state index < -0.39 is 0 Å². The highest BCUT2D eigenvalue weighted by Crippen LogP contribution is 2.25. The van der Waals surface area contributed by atoms with Gasteiger partial charge in [0.1, 0.15) is 11.5 Å². The normalized spacial score (nSPS) is 17.0. The van der Waals surface area contributed by atoms with Crippen LogP contribution >= 0.6 is 0 Å². The Morgan fingerprint density at radius 1 is 0.760 bits per heavy atom. The van der Waals surface area contributed by atoms with Crippen molar-refractivity contribution in [1.82, 2.24) is 4.90 Å². The van der Waals surface area contributed by atoms with Gasteiger partial charge in [-0.15, -0.1) is 0 Å². The Morgan fingerprint density at radius 2 is 1.24 bits per heavy atom. The molecule has 146 valence electrons. The molecular formula is C22H41NO2. The molecule has 0 heterocycles. The van der Waals surface area contributed by atoms with Crippen LogP contribution in [0.25, 0.3) is 0 Å². The number of allylic oxidation sites excluding steroid dienone is 2. The summed E-state index contributed by atoms with van der Waals surface area (Å²) < 4.78 is 0. The van der Waals surface area contributed by atoms with E-state index in [0.29, 0.717) is 17.6 Å². The summed E-state index contributed by atoms with van der Waals surface area (Å²) in [5.74, 6) is 0.911. The maximum absolute atomic E-state index is 10.3. The Hall–Kier alpha value is -1.12. The fraction of sp³-hybridized carbons (Fsp3) is 0.818. The zero-order valence-electron chi connectivity index (χ0n) is 16.7. The second kappa shape index (κ2) is 14.1. The molecule has 25 heavy (non-hydrogen) atoms. The molecule has 2 N–H and O–H groups in total. The summed E-state index contributed by atoms with van der Waals surface area (Å²) in [6, 6.07) is 0.421. The molecule has 3 nitrogen and oxygen atoms in total. The van der Waals surface area contributed by atoms with E-state index in [2.05, 4.69) is 18.7 Å². The highest BCUT2D eigenvalue weighted by molar-refractivity contribution is 5.02. The van der Waals surface area contributed by atoms with Crippen molar-refractivity contribution in [2.24, 2.45) is 0 Å². The third-order valence-corrected chi connectivity index (χ3v) is 5.17. The van der Waals surface area contributed by atoms with Crippen LogP contribution in [0.2, 0.25) is 0 Å². The van der Waals surface area contributed by atoms with Crippen molar-refractivity contribution in [1.29, 1.82) is 0 Å². The van der Waals surface area contributed by atoms with Crippen LogP contribution < -0.4 is 0 Å². The summed E-state index contributed by atoms with van der Waals surface area (Å²) in [5.41, 5.74) is 0. The van der Waals surface area contributed by atoms with Crippen molar-refractivity contribution in [3.63, 3.8) is 0 Å². The number of hydrogen-bond donors (Lipinski definition) is 2. The molecule has 0 saturated heterocycles. The SMILES string of the molecule is CCCCCCC(O)=CN(C=C(O)CCCCCC)C1CCCCC1. The minimum absolute atomic E-state index is 0.421. The minimum Gasteiger partial charge on any atom is -0.511 e.